The van der Waals surface area contributed by atoms with Crippen LogP contribution in [0.5, 0.6) is 0 Å². The van der Waals surface area contributed by atoms with Gasteiger partial charge in [-0.1, -0.05) is 6.08 Å². The van der Waals surface area contributed by atoms with Gasteiger partial charge in [-0.25, -0.2) is 4.99 Å². The molecule has 2 amide bonds. The second kappa shape index (κ2) is 9.08. The predicted octanol–water partition coefficient (Wildman–Crippen LogP) is 3.63. The summed E-state index contributed by atoms with van der Waals surface area (Å²) < 4.78 is 0. The van der Waals surface area contributed by atoms with E-state index in [9.17, 15) is 14.9 Å². The Hall–Kier alpha value is -3.57. The summed E-state index contributed by atoms with van der Waals surface area (Å²) >= 11 is 1.43. The van der Waals surface area contributed by atoms with Crippen LogP contribution >= 0.6 is 11.3 Å². The van der Waals surface area contributed by atoms with Crippen molar-refractivity contribution < 1.29 is 9.59 Å². The van der Waals surface area contributed by atoms with Crippen molar-refractivity contribution >= 4 is 35.6 Å². The summed E-state index contributed by atoms with van der Waals surface area (Å²) in [6, 6.07) is 3.90. The Kier molecular flexibility index (Phi) is 6.32. The zero-order valence-electron chi connectivity index (χ0n) is 15.8. The number of aliphatic imine (C=N–C) groups is 1. The minimum absolute atomic E-state index is 0.0206. The van der Waals surface area contributed by atoms with Crippen LogP contribution in [-0.2, 0) is 9.59 Å². The van der Waals surface area contributed by atoms with Crippen molar-refractivity contribution in [1.82, 2.24) is 10.3 Å². The Morgan fingerprint density at radius 3 is 2.83 bits per heavy atom. The third-order valence-corrected chi connectivity index (χ3v) is 5.07. The van der Waals surface area contributed by atoms with Gasteiger partial charge in [0.1, 0.15) is 11.9 Å². The highest BCUT2D eigenvalue weighted by atomic mass is 32.1. The van der Waals surface area contributed by atoms with Crippen LogP contribution in [0.4, 0.5) is 5.69 Å². The molecule has 2 heterocycles. The Balaban J connectivity index is 1.75. The standard InChI is InChI=1S/C21H19N5O2S/c1-3-13(7-19(23-2)26-21(28)14-4-5-14)20(27)25-17-6-15(9-24-10-17)18-12-29-11-16(18)8-22/h3,6-7,9-12,14H,2,4-5H2,1H3,(H,25,27)(H,26,28). The first-order valence-electron chi connectivity index (χ1n) is 8.94. The van der Waals surface area contributed by atoms with E-state index < -0.39 is 0 Å². The summed E-state index contributed by atoms with van der Waals surface area (Å²) in [7, 11) is 0. The smallest absolute Gasteiger partial charge is 0.255 e. The molecule has 146 valence electrons. The van der Waals surface area contributed by atoms with E-state index in [1.807, 2.05) is 5.38 Å². The van der Waals surface area contributed by atoms with Crippen LogP contribution in [-0.4, -0.2) is 23.5 Å². The Morgan fingerprint density at radius 2 is 2.17 bits per heavy atom. The maximum absolute atomic E-state index is 12.7. The summed E-state index contributed by atoms with van der Waals surface area (Å²) in [5.74, 6) is -0.235. The lowest BCUT2D eigenvalue weighted by Gasteiger charge is -2.09. The predicted molar refractivity (Wildman–Crippen MR) is 113 cm³/mol. The van der Waals surface area contributed by atoms with Gasteiger partial charge in [0.2, 0.25) is 5.91 Å². The van der Waals surface area contributed by atoms with Crippen LogP contribution in [0.1, 0.15) is 25.3 Å². The lowest BCUT2D eigenvalue weighted by atomic mass is 10.1. The molecule has 1 aliphatic carbocycles. The lowest BCUT2D eigenvalue weighted by molar-refractivity contribution is -0.121. The van der Waals surface area contributed by atoms with Crippen LogP contribution in [0.2, 0.25) is 0 Å². The molecule has 7 nitrogen and oxygen atoms in total. The normalized spacial score (nSPS) is 14.1. The average molecular weight is 405 g/mol. The van der Waals surface area contributed by atoms with E-state index >= 15 is 0 Å². The zero-order chi connectivity index (χ0) is 20.8. The monoisotopic (exact) mass is 405 g/mol. The maximum Gasteiger partial charge on any atom is 0.255 e. The number of pyridine rings is 1. The quantitative estimate of drug-likeness (QED) is 0.416. The second-order valence-corrected chi connectivity index (χ2v) is 7.17. The Bertz CT molecular complexity index is 1060. The number of nitrogens with one attached hydrogen (secondary N) is 2. The molecular weight excluding hydrogens is 386 g/mol. The number of hydrogen-bond acceptors (Lipinski definition) is 6. The molecule has 2 aromatic rings. The van der Waals surface area contributed by atoms with E-state index in [2.05, 4.69) is 33.4 Å². The number of anilines is 1. The third-order valence-electron chi connectivity index (χ3n) is 4.32. The van der Waals surface area contributed by atoms with Crippen molar-refractivity contribution in [2.75, 3.05) is 5.32 Å². The molecule has 0 bridgehead atoms. The molecule has 2 aromatic heterocycles. The molecule has 0 atom stereocenters. The number of amides is 2. The number of allylic oxidation sites excluding steroid dienone is 1. The average Bonchev–Trinajstić information content (AvgIpc) is 3.48. The van der Waals surface area contributed by atoms with E-state index in [4.69, 9.17) is 0 Å². The fraction of sp³-hybridized carbons (Fsp3) is 0.190. The molecule has 1 aliphatic rings. The molecule has 0 aromatic carbocycles. The number of thiophene rings is 1. The van der Waals surface area contributed by atoms with Crippen LogP contribution in [0.25, 0.3) is 11.1 Å². The van der Waals surface area contributed by atoms with Crippen LogP contribution in [0.3, 0.4) is 0 Å². The first-order chi connectivity index (χ1) is 14.0. The summed E-state index contributed by atoms with van der Waals surface area (Å²) in [5, 5.41) is 18.3. The van der Waals surface area contributed by atoms with Gasteiger partial charge in [-0.15, -0.1) is 0 Å². The minimum atomic E-state index is -0.376. The molecule has 0 saturated heterocycles. The number of aromatic nitrogens is 1. The summed E-state index contributed by atoms with van der Waals surface area (Å²) in [6.07, 6.45) is 8.00. The fourth-order valence-corrected chi connectivity index (χ4v) is 3.37. The van der Waals surface area contributed by atoms with Gasteiger partial charge in [0.05, 0.1) is 17.4 Å². The summed E-state index contributed by atoms with van der Waals surface area (Å²) in [6.45, 7) is 5.17. The molecule has 0 aliphatic heterocycles. The highest BCUT2D eigenvalue weighted by Gasteiger charge is 2.30. The van der Waals surface area contributed by atoms with Crippen LogP contribution in [0, 0.1) is 17.2 Å². The molecule has 1 saturated carbocycles. The maximum atomic E-state index is 12.7. The number of hydrogen-bond donors (Lipinski definition) is 2. The van der Waals surface area contributed by atoms with E-state index in [1.165, 1.54) is 23.6 Å². The van der Waals surface area contributed by atoms with Gasteiger partial charge in [0.15, 0.2) is 0 Å². The fourth-order valence-electron chi connectivity index (χ4n) is 2.59. The van der Waals surface area contributed by atoms with E-state index in [0.717, 1.165) is 24.0 Å². The van der Waals surface area contributed by atoms with Gasteiger partial charge >= 0.3 is 0 Å². The van der Waals surface area contributed by atoms with Gasteiger partial charge < -0.3 is 10.6 Å². The Morgan fingerprint density at radius 1 is 1.38 bits per heavy atom. The minimum Gasteiger partial charge on any atom is -0.321 e. The number of nitrogens with zero attached hydrogens (tertiary/aromatic N) is 3. The molecule has 0 spiro atoms. The zero-order valence-corrected chi connectivity index (χ0v) is 16.6. The second-order valence-electron chi connectivity index (χ2n) is 6.42. The van der Waals surface area contributed by atoms with E-state index in [0.29, 0.717) is 16.8 Å². The molecule has 2 N–H and O–H groups in total. The van der Waals surface area contributed by atoms with Crippen molar-refractivity contribution in [2.24, 2.45) is 10.9 Å². The molecular formula is C21H19N5O2S. The molecule has 0 radical (unpaired) electrons. The number of carbonyl (C=O) groups excluding carboxylic acids is 2. The molecule has 3 rings (SSSR count). The molecule has 0 unspecified atom stereocenters. The van der Waals surface area contributed by atoms with Gasteiger partial charge in [-0.05, 0) is 44.0 Å². The first kappa shape index (κ1) is 20.2. The van der Waals surface area contributed by atoms with Crippen molar-refractivity contribution in [3.63, 3.8) is 0 Å². The largest absolute Gasteiger partial charge is 0.321 e. The summed E-state index contributed by atoms with van der Waals surface area (Å²) in [5.41, 5.74) is 2.88. The Labute approximate surface area is 172 Å². The highest BCUT2D eigenvalue weighted by molar-refractivity contribution is 7.08. The highest BCUT2D eigenvalue weighted by Crippen LogP contribution is 2.29. The van der Waals surface area contributed by atoms with Crippen molar-refractivity contribution in [3.8, 4) is 17.2 Å². The molecule has 1 fully saturated rings. The SMILES string of the molecule is C=NC(=CC(=CC)C(=O)Nc1cncc(-c2cscc2C#N)c1)NC(=O)C1CC1. The van der Waals surface area contributed by atoms with Crippen molar-refractivity contribution in [3.05, 3.63) is 58.3 Å². The van der Waals surface area contributed by atoms with Gasteiger partial charge in [0, 0.05) is 34.2 Å². The van der Waals surface area contributed by atoms with E-state index in [1.54, 1.807) is 30.6 Å². The molecule has 8 heteroatoms. The third kappa shape index (κ3) is 5.03. The first-order valence-corrected chi connectivity index (χ1v) is 9.88. The van der Waals surface area contributed by atoms with Gasteiger partial charge in [-0.3, -0.25) is 14.6 Å². The molecule has 29 heavy (non-hydrogen) atoms. The van der Waals surface area contributed by atoms with Crippen molar-refractivity contribution in [1.29, 1.82) is 5.26 Å². The number of carbonyl (C=O) groups is 2. The van der Waals surface area contributed by atoms with Crippen molar-refractivity contribution in [2.45, 2.75) is 19.8 Å². The number of nitriles is 1. The van der Waals surface area contributed by atoms with Crippen LogP contribution in [0.15, 0.2) is 57.8 Å². The van der Waals surface area contributed by atoms with E-state index in [-0.39, 0.29) is 23.6 Å². The van der Waals surface area contributed by atoms with Gasteiger partial charge in [0.25, 0.3) is 5.91 Å². The topological polar surface area (TPSA) is 107 Å². The summed E-state index contributed by atoms with van der Waals surface area (Å²) in [4.78, 5) is 32.5. The van der Waals surface area contributed by atoms with Gasteiger partial charge in [-0.2, -0.15) is 16.6 Å². The lowest BCUT2D eigenvalue weighted by Crippen LogP contribution is -2.24. The van der Waals surface area contributed by atoms with Crippen LogP contribution < -0.4 is 10.6 Å². The number of rotatable bonds is 7.